The van der Waals surface area contributed by atoms with Crippen LogP contribution in [0.1, 0.15) is 0 Å². The van der Waals surface area contributed by atoms with Crippen molar-refractivity contribution >= 4 is 34.4 Å². The van der Waals surface area contributed by atoms with E-state index < -0.39 is 7.12 Å². The van der Waals surface area contributed by atoms with E-state index in [0.29, 0.717) is 5.46 Å². The lowest BCUT2D eigenvalue weighted by atomic mass is 9.77. The van der Waals surface area contributed by atoms with Crippen LogP contribution >= 0.6 is 0 Å². The third-order valence-corrected chi connectivity index (χ3v) is 5.76. The third-order valence-electron chi connectivity index (χ3n) is 5.76. The Labute approximate surface area is 162 Å². The molecule has 1 aliphatic heterocycles. The number of para-hydroxylation sites is 3. The molecule has 2 N–H and O–H groups in total. The van der Waals surface area contributed by atoms with Crippen LogP contribution in [0.5, 0.6) is 0 Å². The number of hydrogen-bond acceptors (Lipinski definition) is 2. The molecule has 1 aliphatic rings. The quantitative estimate of drug-likeness (QED) is 0.433. The second-order valence-corrected chi connectivity index (χ2v) is 7.25. The van der Waals surface area contributed by atoms with Crippen molar-refractivity contribution in [2.45, 2.75) is 0 Å². The summed E-state index contributed by atoms with van der Waals surface area (Å²) < 4.78 is 2.34. The first-order valence-corrected chi connectivity index (χ1v) is 9.36. The van der Waals surface area contributed by atoms with Gasteiger partial charge in [0, 0.05) is 21.9 Å². The fraction of sp³-hybridized carbons (Fsp3) is 0. The van der Waals surface area contributed by atoms with Crippen LogP contribution in [0.15, 0.2) is 84.9 Å². The van der Waals surface area contributed by atoms with Crippen molar-refractivity contribution in [2.75, 3.05) is 0 Å². The van der Waals surface area contributed by atoms with Gasteiger partial charge < -0.3 is 14.6 Å². The van der Waals surface area contributed by atoms with Gasteiger partial charge in [-0.2, -0.15) is 0 Å². The highest BCUT2D eigenvalue weighted by Crippen LogP contribution is 2.45. The SMILES string of the molecule is OB(O)c1ccc2c(c1)-c1ccccc1-n1c3ccccc3c3cccc-2c31. The standard InChI is InChI=1S/C24H16BNO2/c27-25(28)15-12-13-16-19-8-5-9-20-17-6-1-3-10-22(17)26(24(19)20)23-11-4-2-7-18(23)21(16)14-15/h1-14,27-28H. The van der Waals surface area contributed by atoms with E-state index in [9.17, 15) is 10.0 Å². The molecule has 0 radical (unpaired) electrons. The van der Waals surface area contributed by atoms with Crippen LogP contribution < -0.4 is 5.46 Å². The average Bonchev–Trinajstić information content (AvgIpc) is 3.01. The summed E-state index contributed by atoms with van der Waals surface area (Å²) in [4.78, 5) is 0. The number of hydrogen-bond donors (Lipinski definition) is 2. The maximum atomic E-state index is 9.72. The lowest BCUT2D eigenvalue weighted by molar-refractivity contribution is 0.426. The Morgan fingerprint density at radius 3 is 2.25 bits per heavy atom. The molecule has 0 saturated heterocycles. The highest BCUT2D eigenvalue weighted by atomic mass is 16.4. The summed E-state index contributed by atoms with van der Waals surface area (Å²) in [5, 5.41) is 21.9. The van der Waals surface area contributed by atoms with Gasteiger partial charge in [0.1, 0.15) is 0 Å². The molecule has 2 heterocycles. The molecule has 132 valence electrons. The maximum Gasteiger partial charge on any atom is 0.488 e. The molecule has 0 saturated carbocycles. The Balaban J connectivity index is 1.88. The fourth-order valence-electron chi connectivity index (χ4n) is 4.56. The molecule has 6 rings (SSSR count). The largest absolute Gasteiger partial charge is 0.488 e. The van der Waals surface area contributed by atoms with Crippen LogP contribution in [0, 0.1) is 0 Å². The Morgan fingerprint density at radius 2 is 1.36 bits per heavy atom. The van der Waals surface area contributed by atoms with Crippen molar-refractivity contribution in [3.05, 3.63) is 84.9 Å². The van der Waals surface area contributed by atoms with Crippen LogP contribution in [-0.2, 0) is 0 Å². The summed E-state index contributed by atoms with van der Waals surface area (Å²) in [5.41, 5.74) is 8.31. The predicted molar refractivity (Wildman–Crippen MR) is 115 cm³/mol. The van der Waals surface area contributed by atoms with Gasteiger partial charge in [0.05, 0.1) is 16.7 Å². The zero-order valence-corrected chi connectivity index (χ0v) is 15.0. The van der Waals surface area contributed by atoms with Gasteiger partial charge in [0.25, 0.3) is 0 Å². The number of fused-ring (bicyclic) bond motifs is 8. The van der Waals surface area contributed by atoms with Crippen molar-refractivity contribution in [1.82, 2.24) is 4.57 Å². The molecule has 0 atom stereocenters. The van der Waals surface area contributed by atoms with Crippen LogP contribution in [-0.4, -0.2) is 21.7 Å². The average molecular weight is 361 g/mol. The van der Waals surface area contributed by atoms with E-state index in [-0.39, 0.29) is 0 Å². The molecule has 3 nitrogen and oxygen atoms in total. The second-order valence-electron chi connectivity index (χ2n) is 7.25. The summed E-state index contributed by atoms with van der Waals surface area (Å²) in [6, 6.07) is 28.9. The smallest absolute Gasteiger partial charge is 0.423 e. The van der Waals surface area contributed by atoms with Crippen LogP contribution in [0.2, 0.25) is 0 Å². The Kier molecular flexibility index (Phi) is 3.13. The monoisotopic (exact) mass is 361 g/mol. The molecule has 4 heteroatoms. The molecule has 0 fully saturated rings. The second kappa shape index (κ2) is 5.58. The maximum absolute atomic E-state index is 9.72. The Hall–Kier alpha value is -3.34. The minimum absolute atomic E-state index is 0.497. The molecule has 0 unspecified atom stereocenters. The molecule has 0 bridgehead atoms. The Bertz CT molecular complexity index is 1400. The molecular weight excluding hydrogens is 345 g/mol. The normalized spacial score (nSPS) is 11.9. The topological polar surface area (TPSA) is 45.4 Å². The molecule has 5 aromatic rings. The van der Waals surface area contributed by atoms with E-state index >= 15 is 0 Å². The lowest BCUT2D eigenvalue weighted by Crippen LogP contribution is -2.29. The molecule has 0 aliphatic carbocycles. The van der Waals surface area contributed by atoms with Gasteiger partial charge in [-0.1, -0.05) is 72.8 Å². The van der Waals surface area contributed by atoms with Gasteiger partial charge >= 0.3 is 7.12 Å². The van der Waals surface area contributed by atoms with Gasteiger partial charge in [0.2, 0.25) is 0 Å². The molecule has 0 amide bonds. The van der Waals surface area contributed by atoms with Gasteiger partial charge in [0.15, 0.2) is 0 Å². The van der Waals surface area contributed by atoms with Gasteiger partial charge in [-0.15, -0.1) is 0 Å². The molecule has 0 spiro atoms. The first kappa shape index (κ1) is 15.7. The zero-order valence-electron chi connectivity index (χ0n) is 15.0. The van der Waals surface area contributed by atoms with E-state index in [1.807, 2.05) is 18.2 Å². The lowest BCUT2D eigenvalue weighted by Gasteiger charge is -2.13. The van der Waals surface area contributed by atoms with E-state index in [1.54, 1.807) is 6.07 Å². The molecule has 4 aromatic carbocycles. The van der Waals surface area contributed by atoms with E-state index in [2.05, 4.69) is 65.2 Å². The van der Waals surface area contributed by atoms with Crippen molar-refractivity contribution in [2.24, 2.45) is 0 Å². The van der Waals surface area contributed by atoms with Crippen LogP contribution in [0.3, 0.4) is 0 Å². The van der Waals surface area contributed by atoms with E-state index in [1.165, 1.54) is 21.8 Å². The van der Waals surface area contributed by atoms with Crippen molar-refractivity contribution in [3.8, 4) is 27.9 Å². The molecule has 28 heavy (non-hydrogen) atoms. The number of benzene rings is 4. The highest BCUT2D eigenvalue weighted by Gasteiger charge is 2.25. The Morgan fingerprint density at radius 1 is 0.607 bits per heavy atom. The van der Waals surface area contributed by atoms with Crippen molar-refractivity contribution in [1.29, 1.82) is 0 Å². The predicted octanol–water partition coefficient (Wildman–Crippen LogP) is 4.11. The summed E-state index contributed by atoms with van der Waals surface area (Å²) in [5.74, 6) is 0. The molecule has 1 aromatic heterocycles. The number of nitrogens with zero attached hydrogens (tertiary/aromatic N) is 1. The fourth-order valence-corrected chi connectivity index (χ4v) is 4.56. The summed E-state index contributed by atoms with van der Waals surface area (Å²) in [7, 11) is -1.49. The first-order chi connectivity index (χ1) is 13.7. The van der Waals surface area contributed by atoms with Crippen LogP contribution in [0.4, 0.5) is 0 Å². The molecular formula is C24H16BNO2. The third kappa shape index (κ3) is 1.96. The number of aromatic nitrogens is 1. The van der Waals surface area contributed by atoms with Gasteiger partial charge in [-0.25, -0.2) is 0 Å². The highest BCUT2D eigenvalue weighted by molar-refractivity contribution is 6.58. The van der Waals surface area contributed by atoms with Gasteiger partial charge in [-0.3, -0.25) is 0 Å². The summed E-state index contributed by atoms with van der Waals surface area (Å²) in [6.07, 6.45) is 0. The van der Waals surface area contributed by atoms with Gasteiger partial charge in [-0.05, 0) is 28.7 Å². The summed E-state index contributed by atoms with van der Waals surface area (Å²) in [6.45, 7) is 0. The van der Waals surface area contributed by atoms with Crippen molar-refractivity contribution < 1.29 is 10.0 Å². The van der Waals surface area contributed by atoms with E-state index in [0.717, 1.165) is 27.9 Å². The number of rotatable bonds is 1. The zero-order chi connectivity index (χ0) is 18.8. The van der Waals surface area contributed by atoms with Crippen LogP contribution in [0.25, 0.3) is 49.7 Å². The first-order valence-electron chi connectivity index (χ1n) is 9.36. The summed E-state index contributed by atoms with van der Waals surface area (Å²) >= 11 is 0. The minimum Gasteiger partial charge on any atom is -0.423 e. The van der Waals surface area contributed by atoms with E-state index in [4.69, 9.17) is 0 Å². The minimum atomic E-state index is -1.49. The van der Waals surface area contributed by atoms with Crippen molar-refractivity contribution in [3.63, 3.8) is 0 Å².